The molecule has 0 heterocycles. The molecule has 0 aliphatic heterocycles. The van der Waals surface area contributed by atoms with Crippen molar-refractivity contribution in [2.45, 2.75) is 31.9 Å². The van der Waals surface area contributed by atoms with E-state index in [1.54, 1.807) is 0 Å². The van der Waals surface area contributed by atoms with E-state index < -0.39 is 6.61 Å². The standard InChI is InChI=1S/C14H18F2N2O3.ClH/c1-20-10-4-5-12(21-14(15)16)11(7-10)18-13(19)8-2-3-9(17)6-8;/h4-5,7-9,14H,2-3,6,17H2,1H3,(H,18,19);1H. The Morgan fingerprint density at radius 2 is 2.14 bits per heavy atom. The van der Waals surface area contributed by atoms with Crippen LogP contribution in [0.4, 0.5) is 14.5 Å². The van der Waals surface area contributed by atoms with Crippen LogP contribution in [0.25, 0.3) is 0 Å². The summed E-state index contributed by atoms with van der Waals surface area (Å²) in [6, 6.07) is 4.28. The third kappa shape index (κ3) is 4.71. The van der Waals surface area contributed by atoms with E-state index in [0.29, 0.717) is 18.6 Å². The molecule has 0 bridgehead atoms. The van der Waals surface area contributed by atoms with Gasteiger partial charge in [0.05, 0.1) is 12.8 Å². The van der Waals surface area contributed by atoms with Crippen LogP contribution in [0.3, 0.4) is 0 Å². The second kappa shape index (κ2) is 8.14. The van der Waals surface area contributed by atoms with Gasteiger partial charge in [-0.05, 0) is 31.4 Å². The zero-order valence-corrected chi connectivity index (χ0v) is 12.9. The Bertz CT molecular complexity index is 517. The number of halogens is 3. The number of rotatable bonds is 5. The lowest BCUT2D eigenvalue weighted by molar-refractivity contribution is -0.119. The van der Waals surface area contributed by atoms with Crippen LogP contribution >= 0.6 is 12.4 Å². The third-order valence-corrected chi connectivity index (χ3v) is 3.50. The van der Waals surface area contributed by atoms with Crippen molar-refractivity contribution in [1.82, 2.24) is 0 Å². The normalized spacial score (nSPS) is 20.4. The molecule has 1 aliphatic carbocycles. The van der Waals surface area contributed by atoms with Gasteiger partial charge in [0.1, 0.15) is 11.5 Å². The Balaban J connectivity index is 0.00000242. The lowest BCUT2D eigenvalue weighted by atomic mass is 10.1. The molecule has 124 valence electrons. The van der Waals surface area contributed by atoms with Crippen molar-refractivity contribution in [1.29, 1.82) is 0 Å². The van der Waals surface area contributed by atoms with Gasteiger partial charge in [0, 0.05) is 18.0 Å². The van der Waals surface area contributed by atoms with Gasteiger partial charge in [-0.15, -0.1) is 12.4 Å². The maximum absolute atomic E-state index is 12.4. The Morgan fingerprint density at radius 3 is 2.68 bits per heavy atom. The summed E-state index contributed by atoms with van der Waals surface area (Å²) in [5.41, 5.74) is 5.94. The fourth-order valence-corrected chi connectivity index (χ4v) is 2.42. The zero-order chi connectivity index (χ0) is 15.4. The molecule has 5 nitrogen and oxygen atoms in total. The van der Waals surface area contributed by atoms with Crippen LogP contribution in [0.15, 0.2) is 18.2 Å². The van der Waals surface area contributed by atoms with Gasteiger partial charge in [-0.1, -0.05) is 0 Å². The molecule has 0 radical (unpaired) electrons. The van der Waals surface area contributed by atoms with E-state index in [9.17, 15) is 13.6 Å². The van der Waals surface area contributed by atoms with Crippen molar-refractivity contribution in [3.63, 3.8) is 0 Å². The molecule has 1 aromatic rings. The molecular formula is C14H19ClF2N2O3. The molecule has 2 unspecified atom stereocenters. The molecule has 0 saturated heterocycles. The predicted octanol–water partition coefficient (Wildman–Crippen LogP) is 2.78. The molecule has 22 heavy (non-hydrogen) atoms. The summed E-state index contributed by atoms with van der Waals surface area (Å²) >= 11 is 0. The van der Waals surface area contributed by atoms with Crippen molar-refractivity contribution >= 4 is 24.0 Å². The molecule has 1 aromatic carbocycles. The number of ether oxygens (including phenoxy) is 2. The molecule has 2 rings (SSSR count). The molecule has 0 spiro atoms. The molecule has 2 atom stereocenters. The van der Waals surface area contributed by atoms with Gasteiger partial charge in [-0.2, -0.15) is 8.78 Å². The Labute approximate surface area is 133 Å². The number of benzene rings is 1. The minimum atomic E-state index is -2.96. The van der Waals surface area contributed by atoms with Gasteiger partial charge in [0.15, 0.2) is 0 Å². The molecule has 1 fully saturated rings. The lowest BCUT2D eigenvalue weighted by Crippen LogP contribution is -2.23. The number of amides is 1. The van der Waals surface area contributed by atoms with E-state index in [4.69, 9.17) is 10.5 Å². The highest BCUT2D eigenvalue weighted by atomic mass is 35.5. The number of anilines is 1. The number of alkyl halides is 2. The molecule has 0 aromatic heterocycles. The van der Waals surface area contributed by atoms with Crippen molar-refractivity contribution in [2.24, 2.45) is 11.7 Å². The summed E-state index contributed by atoms with van der Waals surface area (Å²) < 4.78 is 34.2. The SMILES string of the molecule is COc1ccc(OC(F)F)c(NC(=O)C2CCC(N)C2)c1.Cl. The van der Waals surface area contributed by atoms with Gasteiger partial charge >= 0.3 is 6.61 Å². The Hall–Kier alpha value is -1.60. The molecular weight excluding hydrogens is 318 g/mol. The fraction of sp³-hybridized carbons (Fsp3) is 0.500. The van der Waals surface area contributed by atoms with E-state index in [-0.39, 0.29) is 41.7 Å². The smallest absolute Gasteiger partial charge is 0.387 e. The first-order chi connectivity index (χ1) is 9.99. The van der Waals surface area contributed by atoms with E-state index in [2.05, 4.69) is 10.1 Å². The summed E-state index contributed by atoms with van der Waals surface area (Å²) in [4.78, 5) is 12.1. The van der Waals surface area contributed by atoms with Crippen LogP contribution < -0.4 is 20.5 Å². The van der Waals surface area contributed by atoms with E-state index in [1.807, 2.05) is 0 Å². The van der Waals surface area contributed by atoms with Gasteiger partial charge in [0.2, 0.25) is 5.91 Å². The Morgan fingerprint density at radius 1 is 1.41 bits per heavy atom. The van der Waals surface area contributed by atoms with Gasteiger partial charge in [-0.25, -0.2) is 0 Å². The van der Waals surface area contributed by atoms with Gasteiger partial charge < -0.3 is 20.5 Å². The van der Waals surface area contributed by atoms with Crippen molar-refractivity contribution < 1.29 is 23.0 Å². The molecule has 1 aliphatic rings. The van der Waals surface area contributed by atoms with Crippen LogP contribution in [-0.2, 0) is 4.79 Å². The summed E-state index contributed by atoms with van der Waals surface area (Å²) in [5.74, 6) is -0.0996. The number of hydrogen-bond acceptors (Lipinski definition) is 4. The van der Waals surface area contributed by atoms with E-state index >= 15 is 0 Å². The van der Waals surface area contributed by atoms with Crippen LogP contribution in [0, 0.1) is 5.92 Å². The van der Waals surface area contributed by atoms with Gasteiger partial charge in [-0.3, -0.25) is 4.79 Å². The maximum atomic E-state index is 12.4. The number of carbonyl (C=O) groups is 1. The Kier molecular flexibility index (Phi) is 6.83. The largest absolute Gasteiger partial charge is 0.497 e. The second-order valence-corrected chi connectivity index (χ2v) is 5.00. The second-order valence-electron chi connectivity index (χ2n) is 5.00. The minimum absolute atomic E-state index is 0. The number of nitrogens with one attached hydrogen (secondary N) is 1. The van der Waals surface area contributed by atoms with Crippen LogP contribution in [-0.4, -0.2) is 25.7 Å². The van der Waals surface area contributed by atoms with Crippen LogP contribution in [0.5, 0.6) is 11.5 Å². The zero-order valence-electron chi connectivity index (χ0n) is 12.1. The number of methoxy groups -OCH3 is 1. The first kappa shape index (κ1) is 18.4. The quantitative estimate of drug-likeness (QED) is 0.867. The lowest BCUT2D eigenvalue weighted by Gasteiger charge is -2.15. The average molecular weight is 337 g/mol. The minimum Gasteiger partial charge on any atom is -0.497 e. The highest BCUT2D eigenvalue weighted by Crippen LogP contribution is 2.32. The number of carbonyl (C=O) groups excluding carboxylic acids is 1. The summed E-state index contributed by atoms with van der Waals surface area (Å²) in [7, 11) is 1.45. The van der Waals surface area contributed by atoms with Crippen LogP contribution in [0.2, 0.25) is 0 Å². The fourth-order valence-electron chi connectivity index (χ4n) is 2.42. The average Bonchev–Trinajstić information content (AvgIpc) is 2.87. The third-order valence-electron chi connectivity index (χ3n) is 3.50. The van der Waals surface area contributed by atoms with Crippen molar-refractivity contribution in [2.75, 3.05) is 12.4 Å². The van der Waals surface area contributed by atoms with E-state index in [0.717, 1.165) is 6.42 Å². The first-order valence-electron chi connectivity index (χ1n) is 6.69. The number of hydrogen-bond donors (Lipinski definition) is 2. The first-order valence-corrected chi connectivity index (χ1v) is 6.69. The summed E-state index contributed by atoms with van der Waals surface area (Å²) in [6.45, 7) is -2.96. The maximum Gasteiger partial charge on any atom is 0.387 e. The molecule has 1 amide bonds. The van der Waals surface area contributed by atoms with Crippen molar-refractivity contribution in [3.8, 4) is 11.5 Å². The van der Waals surface area contributed by atoms with Gasteiger partial charge in [0.25, 0.3) is 0 Å². The highest BCUT2D eigenvalue weighted by Gasteiger charge is 2.28. The monoisotopic (exact) mass is 336 g/mol. The predicted molar refractivity (Wildman–Crippen MR) is 80.8 cm³/mol. The van der Waals surface area contributed by atoms with Crippen molar-refractivity contribution in [3.05, 3.63) is 18.2 Å². The van der Waals surface area contributed by atoms with E-state index in [1.165, 1.54) is 25.3 Å². The highest BCUT2D eigenvalue weighted by molar-refractivity contribution is 5.94. The topological polar surface area (TPSA) is 73.6 Å². The van der Waals surface area contributed by atoms with Crippen LogP contribution in [0.1, 0.15) is 19.3 Å². The molecule has 3 N–H and O–H groups in total. The summed E-state index contributed by atoms with van der Waals surface area (Å²) in [6.07, 6.45) is 2.08. The summed E-state index contributed by atoms with van der Waals surface area (Å²) in [5, 5.41) is 2.62. The molecule has 8 heteroatoms. The number of nitrogens with two attached hydrogens (primary N) is 1. The molecule has 1 saturated carbocycles.